The Hall–Kier alpha value is -2.34. The van der Waals surface area contributed by atoms with Crippen LogP contribution in [-0.2, 0) is 0 Å². The monoisotopic (exact) mass is 388 g/mol. The molecule has 1 heterocycles. The van der Waals surface area contributed by atoms with Crippen LogP contribution in [0, 0.1) is 0 Å². The number of nitrogens with zero attached hydrogens (tertiary/aromatic N) is 1. The fourth-order valence-electron chi connectivity index (χ4n) is 2.42. The first kappa shape index (κ1) is 16.5. The summed E-state index contributed by atoms with van der Waals surface area (Å²) in [5, 5.41) is 0.565. The molecular formula is C18H17BrN2O3. The van der Waals surface area contributed by atoms with E-state index in [4.69, 9.17) is 9.47 Å². The summed E-state index contributed by atoms with van der Waals surface area (Å²) in [5.41, 5.74) is 1.22. The van der Waals surface area contributed by atoms with Gasteiger partial charge in [0, 0.05) is 5.56 Å². The topological polar surface area (TPSA) is 64.2 Å². The van der Waals surface area contributed by atoms with Crippen molar-refractivity contribution in [1.29, 1.82) is 0 Å². The summed E-state index contributed by atoms with van der Waals surface area (Å²) in [6.07, 6.45) is 0.900. The lowest BCUT2D eigenvalue weighted by Gasteiger charge is -2.14. The number of halogens is 1. The van der Waals surface area contributed by atoms with Crippen LogP contribution in [0.3, 0.4) is 0 Å². The zero-order chi connectivity index (χ0) is 17.1. The fourth-order valence-corrected chi connectivity index (χ4v) is 2.98. The number of benzene rings is 2. The van der Waals surface area contributed by atoms with Crippen LogP contribution in [0.15, 0.2) is 45.7 Å². The van der Waals surface area contributed by atoms with Crippen molar-refractivity contribution in [3.05, 3.63) is 51.2 Å². The Balaban J connectivity index is 2.13. The molecule has 0 fully saturated rings. The van der Waals surface area contributed by atoms with E-state index in [1.807, 2.05) is 37.3 Å². The molecule has 0 spiro atoms. The van der Waals surface area contributed by atoms with Gasteiger partial charge in [0.1, 0.15) is 5.82 Å². The normalized spacial score (nSPS) is 10.8. The lowest BCUT2D eigenvalue weighted by molar-refractivity contribution is 0.292. The highest BCUT2D eigenvalue weighted by atomic mass is 79.9. The molecule has 0 saturated heterocycles. The SMILES string of the molecule is CCCOc1c(Br)cc(-c2nc3ccccc3c(=O)[nH]2)cc1OC. The number of rotatable bonds is 5. The Morgan fingerprint density at radius 2 is 2.04 bits per heavy atom. The van der Waals surface area contributed by atoms with Gasteiger partial charge in [-0.2, -0.15) is 0 Å². The van der Waals surface area contributed by atoms with Crippen LogP contribution in [-0.4, -0.2) is 23.7 Å². The number of hydrogen-bond acceptors (Lipinski definition) is 4. The molecule has 0 aliphatic heterocycles. The Kier molecular flexibility index (Phi) is 4.85. The molecule has 0 aliphatic rings. The smallest absolute Gasteiger partial charge is 0.259 e. The summed E-state index contributed by atoms with van der Waals surface area (Å²) in [4.78, 5) is 19.6. The minimum absolute atomic E-state index is 0.169. The molecule has 1 aromatic heterocycles. The van der Waals surface area contributed by atoms with Crippen LogP contribution in [0.25, 0.3) is 22.3 Å². The fraction of sp³-hybridized carbons (Fsp3) is 0.222. The molecule has 2 aromatic carbocycles. The van der Waals surface area contributed by atoms with Crippen molar-refractivity contribution >= 4 is 26.8 Å². The molecule has 0 saturated carbocycles. The molecule has 5 nitrogen and oxygen atoms in total. The first-order valence-corrected chi connectivity index (χ1v) is 8.43. The molecule has 1 N–H and O–H groups in total. The molecule has 0 radical (unpaired) electrons. The van der Waals surface area contributed by atoms with Crippen molar-refractivity contribution in [1.82, 2.24) is 9.97 Å². The third-order valence-electron chi connectivity index (χ3n) is 3.57. The van der Waals surface area contributed by atoms with Gasteiger partial charge in [-0.3, -0.25) is 4.79 Å². The molecule has 0 unspecified atom stereocenters. The van der Waals surface area contributed by atoms with E-state index in [1.54, 1.807) is 13.2 Å². The number of fused-ring (bicyclic) bond motifs is 1. The van der Waals surface area contributed by atoms with Gasteiger partial charge in [0.15, 0.2) is 11.5 Å². The standard InChI is InChI=1S/C18H17BrN2O3/c1-3-8-24-16-13(19)9-11(10-15(16)23-2)17-20-14-7-5-4-6-12(14)18(22)21-17/h4-7,9-10H,3,8H2,1-2H3,(H,20,21,22). The second-order valence-electron chi connectivity index (χ2n) is 5.27. The Bertz CT molecular complexity index is 937. The van der Waals surface area contributed by atoms with Crippen LogP contribution in [0.4, 0.5) is 0 Å². The second-order valence-corrected chi connectivity index (χ2v) is 6.12. The van der Waals surface area contributed by atoms with Crippen molar-refractivity contribution in [2.75, 3.05) is 13.7 Å². The second kappa shape index (κ2) is 7.05. The van der Waals surface area contributed by atoms with E-state index >= 15 is 0 Å². The Morgan fingerprint density at radius 1 is 1.25 bits per heavy atom. The number of ether oxygens (including phenoxy) is 2. The quantitative estimate of drug-likeness (QED) is 0.712. The van der Waals surface area contributed by atoms with E-state index in [2.05, 4.69) is 25.9 Å². The van der Waals surface area contributed by atoms with Gasteiger partial charge < -0.3 is 14.5 Å². The van der Waals surface area contributed by atoms with Crippen molar-refractivity contribution < 1.29 is 9.47 Å². The highest BCUT2D eigenvalue weighted by Gasteiger charge is 2.14. The van der Waals surface area contributed by atoms with Crippen molar-refractivity contribution in [2.24, 2.45) is 0 Å². The largest absolute Gasteiger partial charge is 0.493 e. The van der Waals surface area contributed by atoms with Crippen LogP contribution < -0.4 is 15.0 Å². The average Bonchev–Trinajstić information content (AvgIpc) is 2.60. The first-order chi connectivity index (χ1) is 11.6. The highest BCUT2D eigenvalue weighted by molar-refractivity contribution is 9.10. The van der Waals surface area contributed by atoms with E-state index in [1.165, 1.54) is 0 Å². The molecule has 0 aliphatic carbocycles. The summed E-state index contributed by atoms with van der Waals surface area (Å²) >= 11 is 3.51. The molecule has 6 heteroatoms. The van der Waals surface area contributed by atoms with Crippen LogP contribution in [0.2, 0.25) is 0 Å². The molecule has 0 amide bonds. The zero-order valence-corrected chi connectivity index (χ0v) is 15.0. The van der Waals surface area contributed by atoms with Gasteiger partial charge in [-0.25, -0.2) is 4.98 Å². The van der Waals surface area contributed by atoms with Crippen molar-refractivity contribution in [2.45, 2.75) is 13.3 Å². The van der Waals surface area contributed by atoms with Gasteiger partial charge in [0.05, 0.1) is 29.1 Å². The summed E-state index contributed by atoms with van der Waals surface area (Å²) in [5.74, 6) is 1.72. The minimum Gasteiger partial charge on any atom is -0.493 e. The predicted molar refractivity (Wildman–Crippen MR) is 97.8 cm³/mol. The summed E-state index contributed by atoms with van der Waals surface area (Å²) in [6, 6.07) is 10.9. The van der Waals surface area contributed by atoms with Crippen molar-refractivity contribution in [3.8, 4) is 22.9 Å². The van der Waals surface area contributed by atoms with Crippen LogP contribution in [0.5, 0.6) is 11.5 Å². The van der Waals surface area contributed by atoms with E-state index in [0.717, 1.165) is 16.5 Å². The average molecular weight is 389 g/mol. The number of aromatic nitrogens is 2. The molecule has 3 aromatic rings. The van der Waals surface area contributed by atoms with Gasteiger partial charge >= 0.3 is 0 Å². The molecule has 0 atom stereocenters. The summed E-state index contributed by atoms with van der Waals surface area (Å²) < 4.78 is 11.9. The molecule has 0 bridgehead atoms. The third kappa shape index (κ3) is 3.14. The number of methoxy groups -OCH3 is 1. The maximum absolute atomic E-state index is 12.3. The van der Waals surface area contributed by atoms with E-state index < -0.39 is 0 Å². The predicted octanol–water partition coefficient (Wildman–Crippen LogP) is 4.15. The van der Waals surface area contributed by atoms with Crippen LogP contribution >= 0.6 is 15.9 Å². The highest BCUT2D eigenvalue weighted by Crippen LogP contribution is 2.39. The van der Waals surface area contributed by atoms with E-state index in [9.17, 15) is 4.79 Å². The maximum Gasteiger partial charge on any atom is 0.259 e. The number of hydrogen-bond donors (Lipinski definition) is 1. The molecule has 24 heavy (non-hydrogen) atoms. The summed E-state index contributed by atoms with van der Waals surface area (Å²) in [7, 11) is 1.58. The lowest BCUT2D eigenvalue weighted by Crippen LogP contribution is -2.09. The first-order valence-electron chi connectivity index (χ1n) is 7.63. The zero-order valence-electron chi connectivity index (χ0n) is 13.4. The number of para-hydroxylation sites is 1. The van der Waals surface area contributed by atoms with Gasteiger partial charge in [0.25, 0.3) is 5.56 Å². The van der Waals surface area contributed by atoms with Gasteiger partial charge in [-0.1, -0.05) is 19.1 Å². The Labute approximate surface area is 147 Å². The number of H-pyrrole nitrogens is 1. The van der Waals surface area contributed by atoms with Gasteiger partial charge in [-0.15, -0.1) is 0 Å². The van der Waals surface area contributed by atoms with E-state index in [0.29, 0.717) is 34.8 Å². The minimum atomic E-state index is -0.169. The van der Waals surface area contributed by atoms with Gasteiger partial charge in [0.2, 0.25) is 0 Å². The third-order valence-corrected chi connectivity index (χ3v) is 4.16. The van der Waals surface area contributed by atoms with E-state index in [-0.39, 0.29) is 5.56 Å². The molecular weight excluding hydrogens is 372 g/mol. The van der Waals surface area contributed by atoms with Crippen LogP contribution in [0.1, 0.15) is 13.3 Å². The molecule has 124 valence electrons. The Morgan fingerprint density at radius 3 is 2.79 bits per heavy atom. The lowest BCUT2D eigenvalue weighted by atomic mass is 10.1. The van der Waals surface area contributed by atoms with Gasteiger partial charge in [-0.05, 0) is 46.6 Å². The maximum atomic E-state index is 12.3. The van der Waals surface area contributed by atoms with Crippen molar-refractivity contribution in [3.63, 3.8) is 0 Å². The number of nitrogens with one attached hydrogen (secondary N) is 1. The summed E-state index contributed by atoms with van der Waals surface area (Å²) in [6.45, 7) is 2.64. The molecule has 3 rings (SSSR count). The number of aromatic amines is 1.